The SMILES string of the molecule is CCOc1ccc2nc(N3C(=O)C(=O)C(=C(O)c4ccncc4)C3c3ccc(OC)c(OC)c3)sc2c1. The van der Waals surface area contributed by atoms with Gasteiger partial charge >= 0.3 is 5.91 Å². The molecule has 4 aromatic rings. The molecule has 0 saturated carbocycles. The second-order valence-electron chi connectivity index (χ2n) is 8.08. The Bertz CT molecular complexity index is 1530. The normalized spacial score (nSPS) is 16.8. The summed E-state index contributed by atoms with van der Waals surface area (Å²) in [5, 5.41) is 11.5. The van der Waals surface area contributed by atoms with Gasteiger partial charge in [0.2, 0.25) is 0 Å². The molecule has 37 heavy (non-hydrogen) atoms. The van der Waals surface area contributed by atoms with Crippen LogP contribution in [0.5, 0.6) is 17.2 Å². The number of rotatable bonds is 7. The Hall–Kier alpha value is -4.44. The van der Waals surface area contributed by atoms with Crippen molar-refractivity contribution in [3.05, 3.63) is 77.6 Å². The summed E-state index contributed by atoms with van der Waals surface area (Å²) in [6, 6.07) is 12.7. The van der Waals surface area contributed by atoms with Crippen molar-refractivity contribution in [2.75, 3.05) is 25.7 Å². The molecule has 1 aliphatic rings. The van der Waals surface area contributed by atoms with Crippen LogP contribution in [0.25, 0.3) is 16.0 Å². The minimum Gasteiger partial charge on any atom is -0.507 e. The molecule has 3 heterocycles. The average molecular weight is 518 g/mol. The van der Waals surface area contributed by atoms with Crippen LogP contribution < -0.4 is 19.1 Å². The number of Topliss-reactive ketones (excluding diaryl/α,β-unsaturated/α-hetero) is 1. The van der Waals surface area contributed by atoms with Gasteiger partial charge in [-0.3, -0.25) is 19.5 Å². The van der Waals surface area contributed by atoms with Gasteiger partial charge in [0, 0.05) is 18.0 Å². The highest BCUT2D eigenvalue weighted by atomic mass is 32.1. The van der Waals surface area contributed by atoms with Crippen LogP contribution in [0.4, 0.5) is 5.13 Å². The van der Waals surface area contributed by atoms with Crippen LogP contribution in [-0.4, -0.2) is 47.6 Å². The van der Waals surface area contributed by atoms with Gasteiger partial charge in [0.15, 0.2) is 16.6 Å². The number of carbonyl (C=O) groups excluding carboxylic acids is 2. The molecule has 188 valence electrons. The molecular weight excluding hydrogens is 494 g/mol. The van der Waals surface area contributed by atoms with Crippen molar-refractivity contribution in [3.63, 3.8) is 0 Å². The topological polar surface area (TPSA) is 111 Å². The molecule has 1 fully saturated rings. The predicted molar refractivity (Wildman–Crippen MR) is 139 cm³/mol. The van der Waals surface area contributed by atoms with Crippen LogP contribution in [0, 0.1) is 0 Å². The van der Waals surface area contributed by atoms with Gasteiger partial charge in [-0.15, -0.1) is 0 Å². The molecule has 9 nitrogen and oxygen atoms in total. The summed E-state index contributed by atoms with van der Waals surface area (Å²) < 4.78 is 17.2. The zero-order valence-corrected chi connectivity index (χ0v) is 21.1. The molecule has 2 aromatic carbocycles. The highest BCUT2D eigenvalue weighted by Gasteiger charge is 2.48. The lowest BCUT2D eigenvalue weighted by Crippen LogP contribution is -2.29. The summed E-state index contributed by atoms with van der Waals surface area (Å²) in [5.74, 6) is -0.326. The van der Waals surface area contributed by atoms with E-state index in [1.54, 1.807) is 42.5 Å². The number of pyridine rings is 1. The van der Waals surface area contributed by atoms with Crippen molar-refractivity contribution in [3.8, 4) is 17.2 Å². The number of nitrogens with zero attached hydrogens (tertiary/aromatic N) is 3. The molecule has 10 heteroatoms. The lowest BCUT2D eigenvalue weighted by molar-refractivity contribution is -0.132. The number of ketones is 1. The first-order valence-electron chi connectivity index (χ1n) is 11.4. The summed E-state index contributed by atoms with van der Waals surface area (Å²) in [5.41, 5.74) is 1.51. The molecule has 1 saturated heterocycles. The first-order valence-corrected chi connectivity index (χ1v) is 12.2. The minimum absolute atomic E-state index is 0.0577. The third kappa shape index (κ3) is 4.25. The molecule has 1 unspecified atom stereocenters. The molecular formula is C27H23N3O6S. The van der Waals surface area contributed by atoms with Gasteiger partial charge in [-0.25, -0.2) is 4.98 Å². The lowest BCUT2D eigenvalue weighted by Gasteiger charge is -2.23. The largest absolute Gasteiger partial charge is 0.507 e. The Morgan fingerprint density at radius 2 is 1.78 bits per heavy atom. The maximum absolute atomic E-state index is 13.5. The number of anilines is 1. The van der Waals surface area contributed by atoms with Crippen LogP contribution >= 0.6 is 11.3 Å². The van der Waals surface area contributed by atoms with Gasteiger partial charge in [-0.05, 0) is 55.0 Å². The molecule has 5 rings (SSSR count). The highest BCUT2D eigenvalue weighted by Crippen LogP contribution is 2.46. The van der Waals surface area contributed by atoms with E-state index in [9.17, 15) is 14.7 Å². The number of carbonyl (C=O) groups is 2. The van der Waals surface area contributed by atoms with E-state index in [4.69, 9.17) is 14.2 Å². The maximum atomic E-state index is 13.5. The van der Waals surface area contributed by atoms with Crippen LogP contribution in [0.1, 0.15) is 24.1 Å². The van der Waals surface area contributed by atoms with Gasteiger partial charge in [0.1, 0.15) is 11.5 Å². The summed E-state index contributed by atoms with van der Waals surface area (Å²) >= 11 is 1.26. The van der Waals surface area contributed by atoms with Crippen molar-refractivity contribution < 1.29 is 28.9 Å². The third-order valence-corrected chi connectivity index (χ3v) is 7.00. The van der Waals surface area contributed by atoms with E-state index in [0.717, 1.165) is 4.70 Å². The molecule has 1 N–H and O–H groups in total. The fourth-order valence-corrected chi connectivity index (χ4v) is 5.31. The molecule has 0 radical (unpaired) electrons. The maximum Gasteiger partial charge on any atom is 0.301 e. The third-order valence-electron chi connectivity index (χ3n) is 5.99. The van der Waals surface area contributed by atoms with E-state index in [1.165, 1.54) is 42.8 Å². The number of ether oxygens (including phenoxy) is 3. The molecule has 0 spiro atoms. The summed E-state index contributed by atoms with van der Waals surface area (Å²) in [6.45, 7) is 2.41. The van der Waals surface area contributed by atoms with Crippen LogP contribution in [0.2, 0.25) is 0 Å². The van der Waals surface area contributed by atoms with Crippen molar-refractivity contribution in [2.45, 2.75) is 13.0 Å². The number of hydrogen-bond donors (Lipinski definition) is 1. The molecule has 0 aliphatic carbocycles. The Balaban J connectivity index is 1.72. The van der Waals surface area contributed by atoms with Crippen LogP contribution in [0.3, 0.4) is 0 Å². The lowest BCUT2D eigenvalue weighted by atomic mass is 9.95. The fraction of sp³-hybridized carbons (Fsp3) is 0.185. The number of thiazole rings is 1. The number of aromatic nitrogens is 2. The van der Waals surface area contributed by atoms with E-state index >= 15 is 0 Å². The number of fused-ring (bicyclic) bond motifs is 1. The second kappa shape index (κ2) is 9.90. The number of aliphatic hydroxyl groups excluding tert-OH is 1. The first kappa shape index (κ1) is 24.3. The average Bonchev–Trinajstić information content (AvgIpc) is 3.46. The second-order valence-corrected chi connectivity index (χ2v) is 9.09. The fourth-order valence-electron chi connectivity index (χ4n) is 4.29. The zero-order chi connectivity index (χ0) is 26.1. The smallest absolute Gasteiger partial charge is 0.301 e. The predicted octanol–water partition coefficient (Wildman–Crippen LogP) is 4.73. The van der Waals surface area contributed by atoms with Crippen molar-refractivity contribution in [1.29, 1.82) is 0 Å². The quantitative estimate of drug-likeness (QED) is 0.213. The number of benzene rings is 2. The minimum atomic E-state index is -0.958. The van der Waals surface area contributed by atoms with Crippen LogP contribution in [0.15, 0.2) is 66.5 Å². The molecule has 1 aliphatic heterocycles. The van der Waals surface area contributed by atoms with Gasteiger partial charge < -0.3 is 19.3 Å². The Kier molecular flexibility index (Phi) is 6.49. The van der Waals surface area contributed by atoms with Gasteiger partial charge in [-0.2, -0.15) is 0 Å². The van der Waals surface area contributed by atoms with E-state index in [2.05, 4.69) is 9.97 Å². The molecule has 2 aromatic heterocycles. The van der Waals surface area contributed by atoms with Crippen molar-refractivity contribution >= 4 is 44.1 Å². The van der Waals surface area contributed by atoms with Crippen LogP contribution in [-0.2, 0) is 9.59 Å². The summed E-state index contributed by atoms with van der Waals surface area (Å²) in [6.07, 6.45) is 3.00. The van der Waals surface area contributed by atoms with E-state index in [1.807, 2.05) is 13.0 Å². The standard InChI is InChI=1S/C27H23N3O6S/c1-4-36-17-6-7-18-21(14-17)37-27(29-18)30-23(16-5-8-19(34-2)20(13-16)35-3)22(25(32)26(30)33)24(31)15-9-11-28-12-10-15/h5-14,23,31H,4H2,1-3H3. The van der Waals surface area contributed by atoms with Crippen molar-refractivity contribution in [2.24, 2.45) is 0 Å². The Morgan fingerprint density at radius 1 is 1.03 bits per heavy atom. The summed E-state index contributed by atoms with van der Waals surface area (Å²) in [7, 11) is 3.02. The zero-order valence-electron chi connectivity index (χ0n) is 20.3. The van der Waals surface area contributed by atoms with Crippen molar-refractivity contribution in [1.82, 2.24) is 9.97 Å². The number of amides is 1. The van der Waals surface area contributed by atoms with E-state index in [-0.39, 0.29) is 11.3 Å². The van der Waals surface area contributed by atoms with E-state index < -0.39 is 17.7 Å². The van der Waals surface area contributed by atoms with Gasteiger partial charge in [0.25, 0.3) is 5.78 Å². The Morgan fingerprint density at radius 3 is 2.49 bits per heavy atom. The number of aliphatic hydroxyl groups is 1. The van der Waals surface area contributed by atoms with Gasteiger partial charge in [-0.1, -0.05) is 17.4 Å². The first-order chi connectivity index (χ1) is 18.0. The summed E-state index contributed by atoms with van der Waals surface area (Å²) in [4.78, 5) is 36.8. The molecule has 1 atom stereocenters. The number of hydrogen-bond acceptors (Lipinski definition) is 9. The molecule has 0 bridgehead atoms. The van der Waals surface area contributed by atoms with Gasteiger partial charge in [0.05, 0.1) is 42.7 Å². The monoisotopic (exact) mass is 517 g/mol. The van der Waals surface area contributed by atoms with E-state index in [0.29, 0.717) is 45.6 Å². The molecule has 1 amide bonds. The highest BCUT2D eigenvalue weighted by molar-refractivity contribution is 7.22. The number of methoxy groups -OCH3 is 2. The Labute approximate surface area is 216 Å².